The largest absolute Gasteiger partial charge is 0.471 e. The number of carbonyl (C=O) groups excluding carboxylic acids is 1. The second-order valence-electron chi connectivity index (χ2n) is 8.51. The summed E-state index contributed by atoms with van der Waals surface area (Å²) in [7, 11) is 1.34. The van der Waals surface area contributed by atoms with Gasteiger partial charge in [0, 0.05) is 5.56 Å². The Labute approximate surface area is 214 Å². The number of nitrogens with zero attached hydrogens (tertiary/aromatic N) is 4. The van der Waals surface area contributed by atoms with Gasteiger partial charge in [-0.15, -0.1) is 0 Å². The van der Waals surface area contributed by atoms with Gasteiger partial charge < -0.3 is 14.0 Å². The van der Waals surface area contributed by atoms with Crippen LogP contribution in [0.3, 0.4) is 0 Å². The molecule has 8 heteroatoms. The van der Waals surface area contributed by atoms with Crippen LogP contribution in [0.1, 0.15) is 41.4 Å². The minimum Gasteiger partial charge on any atom is -0.471 e. The molecule has 0 unspecified atom stereocenters. The molecule has 0 saturated carbocycles. The minimum atomic E-state index is -0.464. The number of methoxy groups -OCH3 is 1. The Morgan fingerprint density at radius 3 is 2.38 bits per heavy atom. The first kappa shape index (κ1) is 24.1. The van der Waals surface area contributed by atoms with Crippen molar-refractivity contribution in [3.63, 3.8) is 0 Å². The van der Waals surface area contributed by atoms with Gasteiger partial charge in [-0.25, -0.2) is 14.8 Å². The highest BCUT2D eigenvalue weighted by atomic mass is 16.5. The van der Waals surface area contributed by atoms with Gasteiger partial charge in [0.25, 0.3) is 5.89 Å². The first-order chi connectivity index (χ1) is 18.2. The van der Waals surface area contributed by atoms with Gasteiger partial charge in [0.1, 0.15) is 12.3 Å². The summed E-state index contributed by atoms with van der Waals surface area (Å²) in [4.78, 5) is 26.1. The van der Waals surface area contributed by atoms with E-state index >= 15 is 0 Å². The molecule has 0 bridgehead atoms. The fourth-order valence-corrected chi connectivity index (χ4v) is 3.95. The van der Waals surface area contributed by atoms with Gasteiger partial charge in [-0.2, -0.15) is 4.98 Å². The van der Waals surface area contributed by atoms with E-state index in [9.17, 15) is 4.79 Å². The SMILES string of the molecule is CCCCc1nc2ccccc2nc1OCc1ccc(-c2noc(-c3ccccc3C(=O)OC)n2)cc1. The van der Waals surface area contributed by atoms with Crippen LogP contribution in [0.4, 0.5) is 0 Å². The number of rotatable bonds is 9. The van der Waals surface area contributed by atoms with Crippen LogP contribution >= 0.6 is 0 Å². The highest BCUT2D eigenvalue weighted by molar-refractivity contribution is 5.96. The van der Waals surface area contributed by atoms with Crippen LogP contribution in [0.2, 0.25) is 0 Å². The molecule has 2 aromatic heterocycles. The van der Waals surface area contributed by atoms with Crippen molar-refractivity contribution < 1.29 is 18.8 Å². The van der Waals surface area contributed by atoms with Crippen molar-refractivity contribution in [2.24, 2.45) is 0 Å². The van der Waals surface area contributed by atoms with E-state index in [1.165, 1.54) is 7.11 Å². The topological polar surface area (TPSA) is 100 Å². The number of carbonyl (C=O) groups is 1. The Kier molecular flexibility index (Phi) is 7.16. The summed E-state index contributed by atoms with van der Waals surface area (Å²) in [5.74, 6) is 0.777. The van der Waals surface area contributed by atoms with Crippen molar-refractivity contribution in [2.75, 3.05) is 7.11 Å². The predicted octanol–water partition coefficient (Wildman–Crippen LogP) is 6.06. The number of esters is 1. The quantitative estimate of drug-likeness (QED) is 0.228. The van der Waals surface area contributed by atoms with Gasteiger partial charge in [0.05, 0.1) is 29.3 Å². The van der Waals surface area contributed by atoms with Crippen LogP contribution in [-0.2, 0) is 17.8 Å². The van der Waals surface area contributed by atoms with E-state index in [4.69, 9.17) is 24.0 Å². The molecule has 8 nitrogen and oxygen atoms in total. The maximum Gasteiger partial charge on any atom is 0.338 e. The molecule has 0 amide bonds. The Morgan fingerprint density at radius 1 is 0.892 bits per heavy atom. The molecule has 0 atom stereocenters. The van der Waals surface area contributed by atoms with Crippen LogP contribution in [0.15, 0.2) is 77.3 Å². The Balaban J connectivity index is 1.32. The molecule has 0 N–H and O–H groups in total. The van der Waals surface area contributed by atoms with Gasteiger partial charge >= 0.3 is 5.97 Å². The molecular weight excluding hydrogens is 468 g/mol. The zero-order valence-corrected chi connectivity index (χ0v) is 20.7. The molecule has 0 aliphatic rings. The molecular formula is C29H26N4O4. The maximum atomic E-state index is 12.1. The highest BCUT2D eigenvalue weighted by Gasteiger charge is 2.18. The third-order valence-corrected chi connectivity index (χ3v) is 5.95. The number of benzene rings is 3. The normalized spacial score (nSPS) is 11.0. The fourth-order valence-electron chi connectivity index (χ4n) is 3.95. The molecule has 3 aromatic carbocycles. The van der Waals surface area contributed by atoms with E-state index in [0.29, 0.717) is 29.4 Å². The molecule has 0 saturated heterocycles. The molecule has 0 fully saturated rings. The summed E-state index contributed by atoms with van der Waals surface area (Å²) in [5.41, 5.74) is 5.21. The van der Waals surface area contributed by atoms with E-state index in [-0.39, 0.29) is 5.89 Å². The number of para-hydroxylation sites is 2. The molecule has 186 valence electrons. The summed E-state index contributed by atoms with van der Waals surface area (Å²) in [5, 5.41) is 4.09. The number of hydrogen-bond donors (Lipinski definition) is 0. The van der Waals surface area contributed by atoms with Crippen molar-refractivity contribution >= 4 is 17.0 Å². The number of fused-ring (bicyclic) bond motifs is 1. The number of aromatic nitrogens is 4. The summed E-state index contributed by atoms with van der Waals surface area (Å²) in [6, 6.07) is 22.5. The molecule has 0 radical (unpaired) electrons. The van der Waals surface area contributed by atoms with Crippen molar-refractivity contribution in [1.29, 1.82) is 0 Å². The maximum absolute atomic E-state index is 12.1. The van der Waals surface area contributed by atoms with Crippen molar-refractivity contribution in [2.45, 2.75) is 32.8 Å². The standard InChI is InChI=1S/C29H26N4O4/c1-3-4-11-25-28(31-24-13-8-7-12-23(24)30-25)36-18-19-14-16-20(17-15-19)26-32-27(37-33-26)21-9-5-6-10-22(21)29(34)35-2/h5-10,12-17H,3-4,11,18H2,1-2H3. The van der Waals surface area contributed by atoms with E-state index < -0.39 is 5.97 Å². The van der Waals surface area contributed by atoms with Crippen molar-refractivity contribution in [3.05, 3.63) is 89.6 Å². The lowest BCUT2D eigenvalue weighted by molar-refractivity contribution is 0.0601. The predicted molar refractivity (Wildman–Crippen MR) is 139 cm³/mol. The Morgan fingerprint density at radius 2 is 1.62 bits per heavy atom. The van der Waals surface area contributed by atoms with Gasteiger partial charge in [0.2, 0.25) is 11.7 Å². The first-order valence-electron chi connectivity index (χ1n) is 12.2. The van der Waals surface area contributed by atoms with Crippen molar-refractivity contribution in [3.8, 4) is 28.7 Å². The monoisotopic (exact) mass is 494 g/mol. The summed E-state index contributed by atoms with van der Waals surface area (Å²) in [6.07, 6.45) is 2.91. The fraction of sp³-hybridized carbons (Fsp3) is 0.207. The van der Waals surface area contributed by atoms with Gasteiger partial charge in [0.15, 0.2) is 0 Å². The van der Waals surface area contributed by atoms with E-state index in [2.05, 4.69) is 17.1 Å². The minimum absolute atomic E-state index is 0.248. The molecule has 0 spiro atoms. The number of aryl methyl sites for hydroxylation is 1. The molecule has 0 aliphatic carbocycles. The Bertz CT molecular complexity index is 1530. The smallest absolute Gasteiger partial charge is 0.338 e. The Hall–Kier alpha value is -4.59. The molecule has 37 heavy (non-hydrogen) atoms. The van der Waals surface area contributed by atoms with E-state index in [0.717, 1.165) is 47.1 Å². The summed E-state index contributed by atoms with van der Waals surface area (Å²) in [6.45, 7) is 2.51. The molecule has 2 heterocycles. The lowest BCUT2D eigenvalue weighted by Crippen LogP contribution is -2.04. The molecule has 5 aromatic rings. The molecule has 5 rings (SSSR count). The number of ether oxygens (including phenoxy) is 2. The second-order valence-corrected chi connectivity index (χ2v) is 8.51. The van der Waals surface area contributed by atoms with E-state index in [1.807, 2.05) is 48.5 Å². The zero-order valence-electron chi connectivity index (χ0n) is 20.7. The van der Waals surface area contributed by atoms with E-state index in [1.54, 1.807) is 24.3 Å². The van der Waals surface area contributed by atoms with Gasteiger partial charge in [-0.1, -0.05) is 67.0 Å². The van der Waals surface area contributed by atoms with Crippen molar-refractivity contribution in [1.82, 2.24) is 20.1 Å². The number of unbranched alkanes of at least 4 members (excludes halogenated alkanes) is 1. The van der Waals surface area contributed by atoms with Crippen LogP contribution < -0.4 is 4.74 Å². The summed E-state index contributed by atoms with van der Waals surface area (Å²) < 4.78 is 16.4. The molecule has 0 aliphatic heterocycles. The lowest BCUT2D eigenvalue weighted by Gasteiger charge is -2.11. The first-order valence-corrected chi connectivity index (χ1v) is 12.2. The zero-order chi connectivity index (χ0) is 25.6. The highest BCUT2D eigenvalue weighted by Crippen LogP contribution is 2.26. The second kappa shape index (κ2) is 11.0. The average molecular weight is 495 g/mol. The van der Waals surface area contributed by atoms with Crippen LogP contribution in [0.5, 0.6) is 5.88 Å². The van der Waals surface area contributed by atoms with Crippen LogP contribution in [0.25, 0.3) is 33.9 Å². The lowest BCUT2D eigenvalue weighted by atomic mass is 10.1. The third-order valence-electron chi connectivity index (χ3n) is 5.95. The van der Waals surface area contributed by atoms with Crippen LogP contribution in [-0.4, -0.2) is 33.2 Å². The van der Waals surface area contributed by atoms with Crippen LogP contribution in [0, 0.1) is 0 Å². The van der Waals surface area contributed by atoms with Gasteiger partial charge in [-0.3, -0.25) is 0 Å². The average Bonchev–Trinajstić information content (AvgIpc) is 3.45. The van der Waals surface area contributed by atoms with Gasteiger partial charge in [-0.05, 0) is 42.7 Å². The third kappa shape index (κ3) is 5.33. The number of hydrogen-bond acceptors (Lipinski definition) is 8. The summed E-state index contributed by atoms with van der Waals surface area (Å²) >= 11 is 0.